The second-order valence-electron chi connectivity index (χ2n) is 3.81. The number of halogens is 3. The fourth-order valence-electron chi connectivity index (χ4n) is 1.77. The average molecular weight is 239 g/mol. The van der Waals surface area contributed by atoms with Gasteiger partial charge in [0.05, 0.1) is 13.0 Å². The number of hydrogen-bond acceptors (Lipinski definition) is 3. The van der Waals surface area contributed by atoms with Crippen LogP contribution >= 0.6 is 0 Å². The van der Waals surface area contributed by atoms with Crippen LogP contribution in [0.1, 0.15) is 6.92 Å². The summed E-state index contributed by atoms with van der Waals surface area (Å²) in [5.41, 5.74) is 0. The van der Waals surface area contributed by atoms with E-state index in [0.717, 1.165) is 0 Å². The lowest BCUT2D eigenvalue weighted by Gasteiger charge is -2.17. The summed E-state index contributed by atoms with van der Waals surface area (Å²) in [4.78, 5) is 22.8. The smallest absolute Gasteiger partial charge is 0.469 e. The maximum absolute atomic E-state index is 12.1. The number of hydrogen-bond donors (Lipinski definition) is 0. The zero-order chi connectivity index (χ0) is 12.5. The molecule has 0 spiro atoms. The molecule has 2 unspecified atom stereocenters. The molecule has 92 valence electrons. The van der Waals surface area contributed by atoms with E-state index in [2.05, 4.69) is 4.74 Å². The number of likely N-dealkylation sites (tertiary alicyclic amines) is 1. The Hall–Kier alpha value is -1.27. The van der Waals surface area contributed by atoms with Gasteiger partial charge in [-0.25, -0.2) is 0 Å². The van der Waals surface area contributed by atoms with Gasteiger partial charge in [-0.3, -0.25) is 9.59 Å². The molecule has 0 saturated carbocycles. The highest BCUT2D eigenvalue weighted by Crippen LogP contribution is 2.28. The van der Waals surface area contributed by atoms with Gasteiger partial charge in [0, 0.05) is 13.1 Å². The van der Waals surface area contributed by atoms with Crippen molar-refractivity contribution < 1.29 is 27.5 Å². The van der Waals surface area contributed by atoms with Crippen LogP contribution in [0.15, 0.2) is 0 Å². The Bertz CT molecular complexity index is 303. The third-order valence-corrected chi connectivity index (χ3v) is 2.65. The van der Waals surface area contributed by atoms with Crippen LogP contribution in [0.4, 0.5) is 13.2 Å². The molecule has 1 aliphatic heterocycles. The maximum Gasteiger partial charge on any atom is 0.471 e. The highest BCUT2D eigenvalue weighted by molar-refractivity contribution is 5.83. The fraction of sp³-hybridized carbons (Fsp3) is 0.778. The van der Waals surface area contributed by atoms with Gasteiger partial charge in [-0.05, 0) is 5.92 Å². The molecule has 1 heterocycles. The molecule has 0 radical (unpaired) electrons. The van der Waals surface area contributed by atoms with E-state index in [1.54, 1.807) is 6.92 Å². The lowest BCUT2D eigenvalue weighted by atomic mass is 9.99. The average Bonchev–Trinajstić information content (AvgIpc) is 2.56. The number of methoxy groups -OCH3 is 1. The Morgan fingerprint density at radius 1 is 1.31 bits per heavy atom. The number of rotatable bonds is 1. The Morgan fingerprint density at radius 2 is 1.88 bits per heavy atom. The standard InChI is InChI=1S/C9H12F3NO3/c1-5-3-13(8(15)9(10,11)12)4-6(5)7(14)16-2/h5-6H,3-4H2,1-2H3. The molecule has 1 saturated heterocycles. The number of carbonyl (C=O) groups is 2. The van der Waals surface area contributed by atoms with Crippen molar-refractivity contribution in [3.8, 4) is 0 Å². The maximum atomic E-state index is 12.1. The van der Waals surface area contributed by atoms with Crippen molar-refractivity contribution in [1.82, 2.24) is 4.90 Å². The van der Waals surface area contributed by atoms with Gasteiger partial charge in [0.25, 0.3) is 0 Å². The molecule has 16 heavy (non-hydrogen) atoms. The van der Waals surface area contributed by atoms with Crippen molar-refractivity contribution in [2.75, 3.05) is 20.2 Å². The van der Waals surface area contributed by atoms with E-state index in [4.69, 9.17) is 0 Å². The van der Waals surface area contributed by atoms with E-state index in [1.807, 2.05) is 0 Å². The Morgan fingerprint density at radius 3 is 2.31 bits per heavy atom. The van der Waals surface area contributed by atoms with Gasteiger partial charge in [0.1, 0.15) is 0 Å². The van der Waals surface area contributed by atoms with Crippen LogP contribution < -0.4 is 0 Å². The van der Waals surface area contributed by atoms with E-state index < -0.39 is 24.0 Å². The van der Waals surface area contributed by atoms with Gasteiger partial charge >= 0.3 is 18.1 Å². The molecule has 0 aliphatic carbocycles. The van der Waals surface area contributed by atoms with Crippen LogP contribution in [-0.2, 0) is 14.3 Å². The monoisotopic (exact) mass is 239 g/mol. The summed E-state index contributed by atoms with van der Waals surface area (Å²) in [6.07, 6.45) is -4.88. The number of amides is 1. The molecular formula is C9H12F3NO3. The fourth-order valence-corrected chi connectivity index (χ4v) is 1.77. The summed E-state index contributed by atoms with van der Waals surface area (Å²) in [7, 11) is 1.17. The summed E-state index contributed by atoms with van der Waals surface area (Å²) in [6.45, 7) is 1.32. The van der Waals surface area contributed by atoms with Crippen LogP contribution in [0.25, 0.3) is 0 Å². The van der Waals surface area contributed by atoms with Gasteiger partial charge in [-0.1, -0.05) is 6.92 Å². The molecule has 1 aliphatic rings. The minimum atomic E-state index is -4.88. The molecule has 4 nitrogen and oxygen atoms in total. The SMILES string of the molecule is COC(=O)C1CN(C(=O)C(F)(F)F)CC1C. The van der Waals surface area contributed by atoms with E-state index in [1.165, 1.54) is 7.11 Å². The lowest BCUT2D eigenvalue weighted by Crippen LogP contribution is -2.40. The molecule has 1 rings (SSSR count). The van der Waals surface area contributed by atoms with Crippen molar-refractivity contribution in [3.63, 3.8) is 0 Å². The molecule has 0 bridgehead atoms. The molecule has 1 amide bonds. The zero-order valence-electron chi connectivity index (χ0n) is 8.87. The summed E-state index contributed by atoms with van der Waals surface area (Å²) in [5, 5.41) is 0. The number of esters is 1. The number of alkyl halides is 3. The van der Waals surface area contributed by atoms with Crippen molar-refractivity contribution in [3.05, 3.63) is 0 Å². The Labute approximate surface area is 90.3 Å². The summed E-state index contributed by atoms with van der Waals surface area (Å²) >= 11 is 0. The molecule has 7 heteroatoms. The predicted octanol–water partition coefficient (Wildman–Crippen LogP) is 0.816. The minimum absolute atomic E-state index is 0.0713. The molecular weight excluding hydrogens is 227 g/mol. The minimum Gasteiger partial charge on any atom is -0.469 e. The molecule has 0 N–H and O–H groups in total. The highest BCUT2D eigenvalue weighted by Gasteiger charge is 2.47. The van der Waals surface area contributed by atoms with Crippen molar-refractivity contribution in [1.29, 1.82) is 0 Å². The van der Waals surface area contributed by atoms with Crippen LogP contribution in [0, 0.1) is 11.8 Å². The topological polar surface area (TPSA) is 46.6 Å². The van der Waals surface area contributed by atoms with Gasteiger partial charge in [0.2, 0.25) is 0 Å². The molecule has 1 fully saturated rings. The van der Waals surface area contributed by atoms with Crippen LogP contribution in [-0.4, -0.2) is 43.2 Å². The first-order valence-corrected chi connectivity index (χ1v) is 4.71. The van der Waals surface area contributed by atoms with Crippen molar-refractivity contribution >= 4 is 11.9 Å². The first kappa shape index (κ1) is 12.8. The van der Waals surface area contributed by atoms with E-state index >= 15 is 0 Å². The highest BCUT2D eigenvalue weighted by atomic mass is 19.4. The van der Waals surface area contributed by atoms with Crippen LogP contribution in [0.3, 0.4) is 0 Å². The summed E-state index contributed by atoms with van der Waals surface area (Å²) in [6, 6.07) is 0. The number of carbonyl (C=O) groups excluding carboxylic acids is 2. The quantitative estimate of drug-likeness (QED) is 0.636. The van der Waals surface area contributed by atoms with Crippen molar-refractivity contribution in [2.24, 2.45) is 11.8 Å². The summed E-state index contributed by atoms with van der Waals surface area (Å²) < 4.78 is 40.9. The number of nitrogens with zero attached hydrogens (tertiary/aromatic N) is 1. The van der Waals surface area contributed by atoms with E-state index in [0.29, 0.717) is 4.90 Å². The molecule has 0 aromatic heterocycles. The third kappa shape index (κ3) is 2.45. The van der Waals surface area contributed by atoms with Gasteiger partial charge in [-0.15, -0.1) is 0 Å². The van der Waals surface area contributed by atoms with E-state index in [-0.39, 0.29) is 19.0 Å². The Kier molecular flexibility index (Phi) is 3.44. The summed E-state index contributed by atoms with van der Waals surface area (Å²) in [5.74, 6) is -3.47. The predicted molar refractivity (Wildman–Crippen MR) is 47.3 cm³/mol. The first-order chi connectivity index (χ1) is 7.27. The largest absolute Gasteiger partial charge is 0.471 e. The third-order valence-electron chi connectivity index (χ3n) is 2.65. The second-order valence-corrected chi connectivity index (χ2v) is 3.81. The van der Waals surface area contributed by atoms with E-state index in [9.17, 15) is 22.8 Å². The molecule has 0 aromatic carbocycles. The number of ether oxygens (including phenoxy) is 1. The lowest BCUT2D eigenvalue weighted by molar-refractivity contribution is -0.184. The van der Waals surface area contributed by atoms with Crippen LogP contribution in [0.5, 0.6) is 0 Å². The first-order valence-electron chi connectivity index (χ1n) is 4.71. The van der Waals surface area contributed by atoms with Gasteiger partial charge < -0.3 is 9.64 Å². The van der Waals surface area contributed by atoms with Gasteiger partial charge in [-0.2, -0.15) is 13.2 Å². The normalized spacial score (nSPS) is 25.7. The van der Waals surface area contributed by atoms with Crippen molar-refractivity contribution in [2.45, 2.75) is 13.1 Å². The Balaban J connectivity index is 2.70. The molecule has 2 atom stereocenters. The van der Waals surface area contributed by atoms with Crippen LogP contribution in [0.2, 0.25) is 0 Å². The zero-order valence-corrected chi connectivity index (χ0v) is 8.87. The second kappa shape index (κ2) is 4.31. The molecule has 0 aromatic rings. The van der Waals surface area contributed by atoms with Gasteiger partial charge in [0.15, 0.2) is 0 Å².